The Kier molecular flexibility index (Phi) is 5.23. The van der Waals surface area contributed by atoms with Crippen LogP contribution in [0.4, 0.5) is 0 Å². The van der Waals surface area contributed by atoms with Gasteiger partial charge in [0.1, 0.15) is 0 Å². The van der Waals surface area contributed by atoms with Crippen molar-refractivity contribution >= 4 is 12.6 Å². The highest BCUT2D eigenvalue weighted by atomic mass is 32.1. The average Bonchev–Trinajstić information content (AvgIpc) is 2.16. The van der Waals surface area contributed by atoms with E-state index in [0.717, 1.165) is 6.54 Å². The van der Waals surface area contributed by atoms with Gasteiger partial charge in [-0.2, -0.15) is 12.6 Å². The van der Waals surface area contributed by atoms with Crippen LogP contribution in [0.2, 0.25) is 0 Å². The highest BCUT2D eigenvalue weighted by Crippen LogP contribution is 2.02. The molecule has 0 aromatic carbocycles. The van der Waals surface area contributed by atoms with Gasteiger partial charge in [0.15, 0.2) is 0 Å². The highest BCUT2D eigenvalue weighted by Gasteiger charge is 2.14. The van der Waals surface area contributed by atoms with E-state index in [1.807, 2.05) is 0 Å². The Hall–Kier alpha value is 0.230. The Balaban J connectivity index is 2.13. The first-order valence-electron chi connectivity index (χ1n) is 5.39. The van der Waals surface area contributed by atoms with Crippen LogP contribution in [0.5, 0.6) is 0 Å². The third kappa shape index (κ3) is 4.17. The molecule has 1 atom stereocenters. The molecule has 4 heteroatoms. The Morgan fingerprint density at radius 2 is 1.86 bits per heavy atom. The van der Waals surface area contributed by atoms with Crippen molar-refractivity contribution in [1.82, 2.24) is 14.7 Å². The maximum atomic E-state index is 4.40. The first-order chi connectivity index (χ1) is 6.59. The molecule has 1 fully saturated rings. The lowest BCUT2D eigenvalue weighted by molar-refractivity contribution is 0.140. The minimum absolute atomic E-state index is 0.363. The molecule has 0 N–H and O–H groups in total. The molecule has 3 nitrogen and oxygen atoms in total. The maximum Gasteiger partial charge on any atom is 0.0496 e. The summed E-state index contributed by atoms with van der Waals surface area (Å²) >= 11 is 4.40. The second kappa shape index (κ2) is 5.95. The molecular formula is C10H23N3S. The molecule has 0 aliphatic carbocycles. The lowest BCUT2D eigenvalue weighted by Gasteiger charge is -2.33. The number of likely N-dealkylation sites (N-methyl/N-ethyl adjacent to an activating group) is 2. The van der Waals surface area contributed by atoms with Crippen LogP contribution in [-0.4, -0.2) is 73.4 Å². The van der Waals surface area contributed by atoms with Gasteiger partial charge in [0, 0.05) is 44.6 Å². The number of nitrogens with zero attached hydrogens (tertiary/aromatic N) is 3. The van der Waals surface area contributed by atoms with Crippen LogP contribution in [0.15, 0.2) is 0 Å². The van der Waals surface area contributed by atoms with Gasteiger partial charge in [-0.05, 0) is 21.0 Å². The van der Waals surface area contributed by atoms with E-state index in [1.54, 1.807) is 0 Å². The van der Waals surface area contributed by atoms with Crippen molar-refractivity contribution in [1.29, 1.82) is 0 Å². The second-order valence-corrected chi connectivity index (χ2v) is 5.00. The van der Waals surface area contributed by atoms with Gasteiger partial charge in [-0.1, -0.05) is 0 Å². The van der Waals surface area contributed by atoms with Crippen LogP contribution >= 0.6 is 12.6 Å². The summed E-state index contributed by atoms with van der Waals surface area (Å²) in [6.45, 7) is 9.26. The molecule has 0 radical (unpaired) electrons. The zero-order valence-electron chi connectivity index (χ0n) is 9.61. The van der Waals surface area contributed by atoms with E-state index in [0.29, 0.717) is 5.37 Å². The van der Waals surface area contributed by atoms with Crippen molar-refractivity contribution in [3.8, 4) is 0 Å². The smallest absolute Gasteiger partial charge is 0.0496 e. The molecule has 1 aliphatic heterocycles. The molecule has 1 heterocycles. The molecule has 1 rings (SSSR count). The number of hydrogen-bond donors (Lipinski definition) is 1. The maximum absolute atomic E-state index is 4.40. The van der Waals surface area contributed by atoms with Gasteiger partial charge in [-0.3, -0.25) is 9.80 Å². The molecular weight excluding hydrogens is 194 g/mol. The predicted molar refractivity (Wildman–Crippen MR) is 65.0 cm³/mol. The third-order valence-electron chi connectivity index (χ3n) is 3.00. The average molecular weight is 217 g/mol. The van der Waals surface area contributed by atoms with Crippen molar-refractivity contribution < 1.29 is 0 Å². The molecule has 0 bridgehead atoms. The fourth-order valence-electron chi connectivity index (χ4n) is 1.56. The van der Waals surface area contributed by atoms with Gasteiger partial charge in [-0.15, -0.1) is 0 Å². The SMILES string of the molecule is CC(S)N(C)CCN1CCN(C)CC1. The number of piperazine rings is 1. The number of hydrogen-bond acceptors (Lipinski definition) is 4. The van der Waals surface area contributed by atoms with Crippen LogP contribution in [0.1, 0.15) is 6.92 Å². The number of rotatable bonds is 4. The fraction of sp³-hybridized carbons (Fsp3) is 1.00. The lowest BCUT2D eigenvalue weighted by Crippen LogP contribution is -2.47. The van der Waals surface area contributed by atoms with E-state index in [1.165, 1.54) is 32.7 Å². The molecule has 0 amide bonds. The Bertz CT molecular complexity index is 155. The van der Waals surface area contributed by atoms with Crippen molar-refractivity contribution in [2.45, 2.75) is 12.3 Å². The van der Waals surface area contributed by atoms with Gasteiger partial charge >= 0.3 is 0 Å². The predicted octanol–water partition coefficient (Wildman–Crippen LogP) is 0.441. The molecule has 0 saturated carbocycles. The van der Waals surface area contributed by atoms with Crippen LogP contribution < -0.4 is 0 Å². The van der Waals surface area contributed by atoms with Crippen LogP contribution in [0.25, 0.3) is 0 Å². The summed E-state index contributed by atoms with van der Waals surface area (Å²) in [6, 6.07) is 0. The molecule has 0 spiro atoms. The van der Waals surface area contributed by atoms with E-state index >= 15 is 0 Å². The zero-order chi connectivity index (χ0) is 10.6. The summed E-state index contributed by atoms with van der Waals surface area (Å²) in [7, 11) is 4.33. The Morgan fingerprint density at radius 3 is 2.36 bits per heavy atom. The highest BCUT2D eigenvalue weighted by molar-refractivity contribution is 7.80. The molecule has 0 aromatic heterocycles. The largest absolute Gasteiger partial charge is 0.304 e. The van der Waals surface area contributed by atoms with Crippen LogP contribution in [0, 0.1) is 0 Å². The van der Waals surface area contributed by atoms with E-state index < -0.39 is 0 Å². The second-order valence-electron chi connectivity index (χ2n) is 4.26. The van der Waals surface area contributed by atoms with Crippen LogP contribution in [-0.2, 0) is 0 Å². The van der Waals surface area contributed by atoms with Gasteiger partial charge in [0.05, 0.1) is 0 Å². The summed E-state index contributed by atoms with van der Waals surface area (Å²) < 4.78 is 0. The first-order valence-corrected chi connectivity index (χ1v) is 5.90. The lowest BCUT2D eigenvalue weighted by atomic mass is 10.3. The summed E-state index contributed by atoms with van der Waals surface area (Å²) in [5.41, 5.74) is 0. The minimum Gasteiger partial charge on any atom is -0.304 e. The van der Waals surface area contributed by atoms with Gasteiger partial charge in [0.25, 0.3) is 0 Å². The van der Waals surface area contributed by atoms with Gasteiger partial charge in [0.2, 0.25) is 0 Å². The van der Waals surface area contributed by atoms with E-state index in [-0.39, 0.29) is 0 Å². The van der Waals surface area contributed by atoms with E-state index in [9.17, 15) is 0 Å². The standard InChI is InChI=1S/C10H23N3S/c1-10(14)12(3)6-9-13-7-4-11(2)5-8-13/h10,14H,4-9H2,1-3H3. The molecule has 0 aromatic rings. The van der Waals surface area contributed by atoms with Crippen LogP contribution in [0.3, 0.4) is 0 Å². The van der Waals surface area contributed by atoms with Crippen molar-refractivity contribution in [2.24, 2.45) is 0 Å². The summed E-state index contributed by atoms with van der Waals surface area (Å²) in [5, 5.41) is 0.363. The van der Waals surface area contributed by atoms with Crippen molar-refractivity contribution in [2.75, 3.05) is 53.4 Å². The molecule has 1 unspecified atom stereocenters. The molecule has 14 heavy (non-hydrogen) atoms. The Morgan fingerprint density at radius 1 is 1.29 bits per heavy atom. The summed E-state index contributed by atoms with van der Waals surface area (Å²) in [5.74, 6) is 0. The van der Waals surface area contributed by atoms with Crippen molar-refractivity contribution in [3.63, 3.8) is 0 Å². The summed E-state index contributed by atoms with van der Waals surface area (Å²) in [4.78, 5) is 7.20. The van der Waals surface area contributed by atoms with E-state index in [2.05, 4.69) is 48.3 Å². The summed E-state index contributed by atoms with van der Waals surface area (Å²) in [6.07, 6.45) is 0. The monoisotopic (exact) mass is 217 g/mol. The molecule has 1 aliphatic rings. The van der Waals surface area contributed by atoms with Crippen molar-refractivity contribution in [3.05, 3.63) is 0 Å². The van der Waals surface area contributed by atoms with Gasteiger partial charge < -0.3 is 4.90 Å². The molecule has 84 valence electrons. The Labute approximate surface area is 93.5 Å². The number of thiol groups is 1. The first kappa shape index (κ1) is 12.3. The topological polar surface area (TPSA) is 9.72 Å². The third-order valence-corrected chi connectivity index (χ3v) is 3.40. The zero-order valence-corrected chi connectivity index (χ0v) is 10.5. The van der Waals surface area contributed by atoms with E-state index in [4.69, 9.17) is 0 Å². The quantitative estimate of drug-likeness (QED) is 0.541. The van der Waals surface area contributed by atoms with Gasteiger partial charge in [-0.25, -0.2) is 0 Å². The molecule has 1 saturated heterocycles. The fourth-order valence-corrected chi connectivity index (χ4v) is 1.67. The normalized spacial score (nSPS) is 22.9. The minimum atomic E-state index is 0.363.